The second kappa shape index (κ2) is 2.59. The Morgan fingerprint density at radius 3 is 3.08 bits per heavy atom. The van der Waals surface area contributed by atoms with Crippen LogP contribution in [0.4, 0.5) is 11.4 Å². The Morgan fingerprint density at radius 1 is 1.42 bits per heavy atom. The number of benzene rings is 1. The lowest BCUT2D eigenvalue weighted by atomic mass is 10.0. The molecule has 64 valence electrons. The lowest BCUT2D eigenvalue weighted by Gasteiger charge is -2.18. The van der Waals surface area contributed by atoms with Crippen LogP contribution in [-0.2, 0) is 6.42 Å². The highest BCUT2D eigenvalue weighted by Gasteiger charge is 2.10. The maximum atomic E-state index is 9.32. The van der Waals surface area contributed by atoms with E-state index in [9.17, 15) is 5.11 Å². The first-order valence-electron chi connectivity index (χ1n) is 4.12. The topological polar surface area (TPSA) is 58.3 Å². The summed E-state index contributed by atoms with van der Waals surface area (Å²) in [6, 6.07) is 3.54. The molecule has 1 aromatic carbocycles. The van der Waals surface area contributed by atoms with Crippen LogP contribution in [0.5, 0.6) is 5.75 Å². The highest BCUT2D eigenvalue weighted by molar-refractivity contribution is 5.66. The Labute approximate surface area is 71.2 Å². The Balaban J connectivity index is 2.49. The van der Waals surface area contributed by atoms with Gasteiger partial charge in [-0.1, -0.05) is 0 Å². The molecule has 0 aliphatic carbocycles. The number of nitrogens with two attached hydrogens (primary N) is 1. The number of anilines is 2. The van der Waals surface area contributed by atoms with Crippen LogP contribution < -0.4 is 11.1 Å². The number of nitrogens with one attached hydrogen (secondary N) is 1. The van der Waals surface area contributed by atoms with Crippen LogP contribution in [0, 0.1) is 0 Å². The van der Waals surface area contributed by atoms with Crippen LogP contribution in [0.2, 0.25) is 0 Å². The summed E-state index contributed by atoms with van der Waals surface area (Å²) in [5.74, 6) is 0.192. The summed E-state index contributed by atoms with van der Waals surface area (Å²) in [6.07, 6.45) is 2.15. The van der Waals surface area contributed by atoms with Crippen molar-refractivity contribution in [3.8, 4) is 5.75 Å². The Kier molecular flexibility index (Phi) is 1.57. The first kappa shape index (κ1) is 7.28. The van der Waals surface area contributed by atoms with Gasteiger partial charge >= 0.3 is 0 Å². The van der Waals surface area contributed by atoms with E-state index in [4.69, 9.17) is 5.73 Å². The molecule has 12 heavy (non-hydrogen) atoms. The van der Waals surface area contributed by atoms with Gasteiger partial charge in [0.1, 0.15) is 5.75 Å². The summed E-state index contributed by atoms with van der Waals surface area (Å²) in [7, 11) is 0. The Bertz CT molecular complexity index is 279. The van der Waals surface area contributed by atoms with Crippen molar-refractivity contribution in [2.45, 2.75) is 12.8 Å². The van der Waals surface area contributed by atoms with E-state index in [-0.39, 0.29) is 5.75 Å². The van der Waals surface area contributed by atoms with Gasteiger partial charge in [0.15, 0.2) is 0 Å². The van der Waals surface area contributed by atoms with E-state index in [0.29, 0.717) is 5.69 Å². The predicted molar refractivity (Wildman–Crippen MR) is 49.3 cm³/mol. The maximum absolute atomic E-state index is 9.32. The molecule has 3 heteroatoms. The molecule has 1 aliphatic rings. The molecular weight excluding hydrogens is 152 g/mol. The number of hydrogen-bond donors (Lipinski definition) is 3. The highest BCUT2D eigenvalue weighted by atomic mass is 16.3. The smallest absolute Gasteiger partial charge is 0.138 e. The van der Waals surface area contributed by atoms with Gasteiger partial charge in [0.2, 0.25) is 0 Å². The van der Waals surface area contributed by atoms with Crippen molar-refractivity contribution in [1.29, 1.82) is 0 Å². The average Bonchev–Trinajstić information content (AvgIpc) is 2.07. The quantitative estimate of drug-likeness (QED) is 0.308. The minimum atomic E-state index is 0.192. The van der Waals surface area contributed by atoms with Crippen LogP contribution in [0.15, 0.2) is 12.1 Å². The van der Waals surface area contributed by atoms with Crippen LogP contribution in [-0.4, -0.2) is 11.7 Å². The second-order valence-electron chi connectivity index (χ2n) is 3.10. The van der Waals surface area contributed by atoms with Gasteiger partial charge in [0, 0.05) is 12.2 Å². The summed E-state index contributed by atoms with van der Waals surface area (Å²) in [4.78, 5) is 0. The molecule has 0 saturated carbocycles. The third-order valence-corrected chi connectivity index (χ3v) is 2.19. The summed E-state index contributed by atoms with van der Waals surface area (Å²) in [6.45, 7) is 0.997. The molecule has 1 aromatic rings. The highest BCUT2D eigenvalue weighted by Crippen LogP contribution is 2.30. The first-order valence-corrected chi connectivity index (χ1v) is 4.12. The number of nitrogen functional groups attached to an aromatic ring is 1. The van der Waals surface area contributed by atoms with E-state index in [1.807, 2.05) is 0 Å². The fourth-order valence-electron chi connectivity index (χ4n) is 1.52. The van der Waals surface area contributed by atoms with Gasteiger partial charge in [-0.05, 0) is 30.5 Å². The van der Waals surface area contributed by atoms with Gasteiger partial charge < -0.3 is 16.2 Å². The van der Waals surface area contributed by atoms with Crippen molar-refractivity contribution >= 4 is 11.4 Å². The van der Waals surface area contributed by atoms with E-state index in [2.05, 4.69) is 5.32 Å². The molecule has 1 aliphatic heterocycles. The normalized spacial score (nSPS) is 15.0. The largest absolute Gasteiger partial charge is 0.506 e. The second-order valence-corrected chi connectivity index (χ2v) is 3.10. The summed E-state index contributed by atoms with van der Waals surface area (Å²) in [5, 5.41) is 12.6. The van der Waals surface area contributed by atoms with Gasteiger partial charge in [-0.15, -0.1) is 0 Å². The summed E-state index contributed by atoms with van der Waals surface area (Å²) < 4.78 is 0. The monoisotopic (exact) mass is 164 g/mol. The summed E-state index contributed by atoms with van der Waals surface area (Å²) >= 11 is 0. The lowest BCUT2D eigenvalue weighted by molar-refractivity contribution is 0.477. The molecule has 0 radical (unpaired) electrons. The Morgan fingerprint density at radius 2 is 2.25 bits per heavy atom. The number of aromatic hydroxyl groups is 1. The van der Waals surface area contributed by atoms with Crippen molar-refractivity contribution in [2.24, 2.45) is 0 Å². The Hall–Kier alpha value is -1.38. The molecule has 0 amide bonds. The van der Waals surface area contributed by atoms with Crippen LogP contribution in [0.3, 0.4) is 0 Å². The molecule has 0 spiro atoms. The lowest BCUT2D eigenvalue weighted by Crippen LogP contribution is -2.11. The van der Waals surface area contributed by atoms with Crippen molar-refractivity contribution in [2.75, 3.05) is 17.6 Å². The molecule has 0 fully saturated rings. The third kappa shape index (κ3) is 1.07. The summed E-state index contributed by atoms with van der Waals surface area (Å²) in [5.41, 5.74) is 8.23. The number of aryl methyl sites for hydroxylation is 1. The SMILES string of the molecule is Nc1cc2c(cc1O)CCCN2. The number of rotatable bonds is 0. The van der Waals surface area contributed by atoms with Crippen LogP contribution >= 0.6 is 0 Å². The van der Waals surface area contributed by atoms with Crippen molar-refractivity contribution in [3.63, 3.8) is 0 Å². The zero-order valence-corrected chi connectivity index (χ0v) is 6.80. The molecule has 0 atom stereocenters. The average molecular weight is 164 g/mol. The first-order chi connectivity index (χ1) is 5.77. The van der Waals surface area contributed by atoms with Gasteiger partial charge in [0.05, 0.1) is 5.69 Å². The van der Waals surface area contributed by atoms with Crippen molar-refractivity contribution in [1.82, 2.24) is 0 Å². The number of hydrogen-bond acceptors (Lipinski definition) is 3. The predicted octanol–water partition coefficient (Wildman–Crippen LogP) is 1.33. The van der Waals surface area contributed by atoms with Crippen LogP contribution in [0.1, 0.15) is 12.0 Å². The number of phenols is 1. The molecular formula is C9H12N2O. The van der Waals surface area contributed by atoms with E-state index in [0.717, 1.165) is 30.6 Å². The number of phenolic OH excluding ortho intramolecular Hbond substituents is 1. The van der Waals surface area contributed by atoms with E-state index in [1.165, 1.54) is 0 Å². The zero-order valence-electron chi connectivity index (χ0n) is 6.80. The molecule has 4 N–H and O–H groups in total. The third-order valence-electron chi connectivity index (χ3n) is 2.19. The molecule has 2 rings (SSSR count). The molecule has 1 heterocycles. The molecule has 0 bridgehead atoms. The van der Waals surface area contributed by atoms with Gasteiger partial charge in [-0.25, -0.2) is 0 Å². The molecule has 3 nitrogen and oxygen atoms in total. The van der Waals surface area contributed by atoms with Crippen molar-refractivity contribution < 1.29 is 5.11 Å². The van der Waals surface area contributed by atoms with Crippen LogP contribution in [0.25, 0.3) is 0 Å². The standard InChI is InChI=1S/C9H12N2O/c10-7-5-8-6(4-9(7)12)2-1-3-11-8/h4-5,11-12H,1-3,10H2. The molecule has 0 unspecified atom stereocenters. The van der Waals surface area contributed by atoms with Gasteiger partial charge in [-0.2, -0.15) is 0 Å². The van der Waals surface area contributed by atoms with Crippen molar-refractivity contribution in [3.05, 3.63) is 17.7 Å². The molecule has 0 saturated heterocycles. The molecule has 0 aromatic heterocycles. The fraction of sp³-hybridized carbons (Fsp3) is 0.333. The minimum Gasteiger partial charge on any atom is -0.506 e. The zero-order chi connectivity index (χ0) is 8.55. The minimum absolute atomic E-state index is 0.192. The van der Waals surface area contributed by atoms with E-state index in [1.54, 1.807) is 12.1 Å². The van der Waals surface area contributed by atoms with E-state index >= 15 is 0 Å². The van der Waals surface area contributed by atoms with Gasteiger partial charge in [0.25, 0.3) is 0 Å². The fourth-order valence-corrected chi connectivity index (χ4v) is 1.52. The maximum Gasteiger partial charge on any atom is 0.138 e. The van der Waals surface area contributed by atoms with E-state index < -0.39 is 0 Å². The number of fused-ring (bicyclic) bond motifs is 1. The van der Waals surface area contributed by atoms with Gasteiger partial charge in [-0.3, -0.25) is 0 Å².